The maximum Gasteiger partial charge on any atom is 0.116 e. The lowest BCUT2D eigenvalue weighted by atomic mass is 10.1. The van der Waals surface area contributed by atoms with E-state index in [0.29, 0.717) is 0 Å². The molecule has 0 fully saturated rings. The topological polar surface area (TPSA) is 30.7 Å². The van der Waals surface area contributed by atoms with Gasteiger partial charge in [-0.25, -0.2) is 9.97 Å². The summed E-state index contributed by atoms with van der Waals surface area (Å²) < 4.78 is 7.45. The van der Waals surface area contributed by atoms with E-state index in [9.17, 15) is 0 Å². The van der Waals surface area contributed by atoms with Crippen molar-refractivity contribution in [1.29, 1.82) is 0 Å². The highest BCUT2D eigenvalue weighted by molar-refractivity contribution is 7.26. The third kappa shape index (κ3) is 2.28. The summed E-state index contributed by atoms with van der Waals surface area (Å²) in [5.74, 6) is 0. The Bertz CT molecular complexity index is 2040. The van der Waals surface area contributed by atoms with Crippen LogP contribution in [0.15, 0.2) is 91.4 Å². The van der Waals surface area contributed by atoms with Crippen molar-refractivity contribution in [2.45, 2.75) is 0 Å². The first-order valence-electron chi connectivity index (χ1n) is 10.8. The summed E-state index contributed by atoms with van der Waals surface area (Å²) >= 11 is 3.63. The normalized spacial score (nSPS) is 12.2. The Hall–Kier alpha value is -3.80. The third-order valence-corrected chi connectivity index (χ3v) is 8.85. The lowest BCUT2D eigenvalue weighted by Gasteiger charge is -2.10. The zero-order valence-corrected chi connectivity index (χ0v) is 19.0. The van der Waals surface area contributed by atoms with Gasteiger partial charge in [-0.05, 0) is 24.3 Å². The largest absolute Gasteiger partial charge is 0.307 e. The van der Waals surface area contributed by atoms with E-state index in [0.717, 1.165) is 10.2 Å². The Morgan fingerprint density at radius 1 is 0.636 bits per heavy atom. The van der Waals surface area contributed by atoms with Crippen molar-refractivity contribution >= 4 is 85.0 Å². The molecule has 4 heterocycles. The van der Waals surface area contributed by atoms with E-state index in [2.05, 4.69) is 88.4 Å². The minimum Gasteiger partial charge on any atom is -0.307 e. The average molecular weight is 458 g/mol. The van der Waals surface area contributed by atoms with Crippen molar-refractivity contribution in [3.8, 4) is 5.69 Å². The molecule has 0 aliphatic rings. The van der Waals surface area contributed by atoms with Gasteiger partial charge < -0.3 is 4.57 Å². The fraction of sp³-hybridized carbons (Fsp3) is 0. The van der Waals surface area contributed by atoms with Crippen LogP contribution in [0, 0.1) is 0 Å². The molecule has 0 radical (unpaired) electrons. The van der Waals surface area contributed by atoms with Gasteiger partial charge in [0.25, 0.3) is 0 Å². The number of rotatable bonds is 1. The summed E-state index contributed by atoms with van der Waals surface area (Å²) in [6.45, 7) is 0. The van der Waals surface area contributed by atoms with E-state index in [4.69, 9.17) is 4.98 Å². The highest BCUT2D eigenvalue weighted by Gasteiger charge is 2.20. The number of benzene rings is 4. The second kappa shape index (κ2) is 6.38. The van der Waals surface area contributed by atoms with Gasteiger partial charge in [0.05, 0.1) is 31.6 Å². The quantitative estimate of drug-likeness (QED) is 0.248. The van der Waals surface area contributed by atoms with Crippen LogP contribution >= 0.6 is 22.7 Å². The molecule has 0 bridgehead atoms. The van der Waals surface area contributed by atoms with Crippen LogP contribution in [0.4, 0.5) is 0 Å². The molecule has 0 aliphatic carbocycles. The van der Waals surface area contributed by atoms with E-state index < -0.39 is 0 Å². The summed E-state index contributed by atoms with van der Waals surface area (Å²) in [5.41, 5.74) is 4.70. The van der Waals surface area contributed by atoms with Crippen LogP contribution in [0.1, 0.15) is 0 Å². The van der Waals surface area contributed by atoms with E-state index >= 15 is 0 Å². The number of aromatic nitrogens is 3. The predicted octanol–water partition coefficient (Wildman–Crippen LogP) is 8.31. The number of hydrogen-bond acceptors (Lipinski definition) is 4. The second-order valence-electron chi connectivity index (χ2n) is 8.28. The standard InChI is InChI=1S/C28H15N3S2/c1-3-9-20-16(6-1)18-12-13-23-25(26-24(32-23)14-29-15-30-26)27(18)31(20)21-10-5-8-19-17-7-2-4-11-22(17)33-28(19)21/h1-15H. The number of thiophene rings is 2. The summed E-state index contributed by atoms with van der Waals surface area (Å²) in [6, 6.07) is 28.6. The van der Waals surface area contributed by atoms with Gasteiger partial charge in [0, 0.05) is 42.5 Å². The van der Waals surface area contributed by atoms with E-state index in [1.807, 2.05) is 17.5 Å². The van der Waals surface area contributed by atoms with Crippen LogP contribution < -0.4 is 0 Å². The predicted molar refractivity (Wildman–Crippen MR) is 142 cm³/mol. The number of hydrogen-bond donors (Lipinski definition) is 0. The summed E-state index contributed by atoms with van der Waals surface area (Å²) in [7, 11) is 0. The molecule has 3 nitrogen and oxygen atoms in total. The molecule has 0 N–H and O–H groups in total. The van der Waals surface area contributed by atoms with Crippen LogP contribution in [0.5, 0.6) is 0 Å². The molecule has 0 unspecified atom stereocenters. The SMILES string of the molecule is c1ccc2c(c1)sc1c(-n3c4ccccc4c4ccc5sc6cncnc6c5c43)cccc12. The van der Waals surface area contributed by atoms with Crippen LogP contribution in [-0.2, 0) is 0 Å². The number of nitrogens with zero attached hydrogens (tertiary/aromatic N) is 3. The van der Waals surface area contributed by atoms with Crippen LogP contribution in [-0.4, -0.2) is 14.5 Å². The van der Waals surface area contributed by atoms with Crippen molar-refractivity contribution in [2.75, 3.05) is 0 Å². The summed E-state index contributed by atoms with van der Waals surface area (Å²) in [6.07, 6.45) is 3.59. The lowest BCUT2D eigenvalue weighted by molar-refractivity contribution is 1.21. The summed E-state index contributed by atoms with van der Waals surface area (Å²) in [4.78, 5) is 8.98. The third-order valence-electron chi connectivity index (χ3n) is 6.56. The Morgan fingerprint density at radius 3 is 2.45 bits per heavy atom. The Balaban J connectivity index is 1.66. The van der Waals surface area contributed by atoms with Gasteiger partial charge in [-0.15, -0.1) is 22.7 Å². The molecule has 33 heavy (non-hydrogen) atoms. The van der Waals surface area contributed by atoms with Crippen molar-refractivity contribution in [3.63, 3.8) is 0 Å². The highest BCUT2D eigenvalue weighted by Crippen LogP contribution is 2.44. The van der Waals surface area contributed by atoms with Gasteiger partial charge in [0.1, 0.15) is 6.33 Å². The monoisotopic (exact) mass is 457 g/mol. The molecule has 0 amide bonds. The molecule has 8 rings (SSSR count). The molecule has 4 aromatic carbocycles. The smallest absolute Gasteiger partial charge is 0.116 e. The molecule has 4 aromatic heterocycles. The Morgan fingerprint density at radius 2 is 1.48 bits per heavy atom. The van der Waals surface area contributed by atoms with E-state index in [1.54, 1.807) is 17.7 Å². The second-order valence-corrected chi connectivity index (χ2v) is 10.4. The number of fused-ring (bicyclic) bond motifs is 10. The molecule has 0 saturated heterocycles. The molecular weight excluding hydrogens is 442 g/mol. The fourth-order valence-electron chi connectivity index (χ4n) is 5.21. The minimum absolute atomic E-state index is 1.03. The molecule has 0 aliphatic heterocycles. The van der Waals surface area contributed by atoms with Crippen LogP contribution in [0.3, 0.4) is 0 Å². The van der Waals surface area contributed by atoms with Crippen molar-refractivity contribution in [3.05, 3.63) is 91.4 Å². The van der Waals surface area contributed by atoms with E-state index in [1.165, 1.54) is 57.8 Å². The highest BCUT2D eigenvalue weighted by atomic mass is 32.1. The van der Waals surface area contributed by atoms with Crippen molar-refractivity contribution in [2.24, 2.45) is 0 Å². The molecule has 5 heteroatoms. The van der Waals surface area contributed by atoms with E-state index in [-0.39, 0.29) is 0 Å². The van der Waals surface area contributed by atoms with Gasteiger partial charge >= 0.3 is 0 Å². The summed E-state index contributed by atoms with van der Waals surface area (Å²) in [5, 5.41) is 6.36. The Kier molecular flexibility index (Phi) is 3.42. The van der Waals surface area contributed by atoms with Gasteiger partial charge in [-0.2, -0.15) is 0 Å². The maximum atomic E-state index is 4.71. The van der Waals surface area contributed by atoms with Gasteiger partial charge in [-0.3, -0.25) is 0 Å². The molecule has 0 atom stereocenters. The molecular formula is C28H15N3S2. The maximum absolute atomic E-state index is 4.71. The first-order chi connectivity index (χ1) is 16.4. The average Bonchev–Trinajstić information content (AvgIpc) is 3.53. The van der Waals surface area contributed by atoms with Gasteiger partial charge in [-0.1, -0.05) is 54.6 Å². The Labute approximate surface area is 196 Å². The van der Waals surface area contributed by atoms with Gasteiger partial charge in [0.2, 0.25) is 0 Å². The molecule has 8 aromatic rings. The first-order valence-corrected chi connectivity index (χ1v) is 12.5. The minimum atomic E-state index is 1.03. The number of para-hydroxylation sites is 1. The molecule has 0 saturated carbocycles. The zero-order chi connectivity index (χ0) is 21.5. The van der Waals surface area contributed by atoms with Crippen molar-refractivity contribution < 1.29 is 0 Å². The van der Waals surface area contributed by atoms with Crippen molar-refractivity contribution in [1.82, 2.24) is 14.5 Å². The fourth-order valence-corrected chi connectivity index (χ4v) is 7.45. The van der Waals surface area contributed by atoms with Crippen LogP contribution in [0.2, 0.25) is 0 Å². The molecule has 0 spiro atoms. The van der Waals surface area contributed by atoms with Crippen LogP contribution in [0.25, 0.3) is 68.0 Å². The van der Waals surface area contributed by atoms with Gasteiger partial charge in [0.15, 0.2) is 0 Å². The lowest BCUT2D eigenvalue weighted by Crippen LogP contribution is -1.94. The molecule has 154 valence electrons. The zero-order valence-electron chi connectivity index (χ0n) is 17.3. The first kappa shape index (κ1) is 17.7.